The van der Waals surface area contributed by atoms with Crippen molar-refractivity contribution in [1.29, 1.82) is 0 Å². The third kappa shape index (κ3) is 3.84. The average molecular weight is 625 g/mol. The number of para-hydroxylation sites is 1. The van der Waals surface area contributed by atoms with Crippen LogP contribution in [0.25, 0.3) is 69.6 Å². The molecule has 0 N–H and O–H groups in total. The number of aromatic nitrogens is 1. The summed E-state index contributed by atoms with van der Waals surface area (Å²) in [5.74, 6) is 0. The van der Waals surface area contributed by atoms with Gasteiger partial charge in [-0.1, -0.05) is 109 Å². The number of thioether (sulfide) groups is 1. The number of rotatable bonds is 3. The highest BCUT2D eigenvalue weighted by Crippen LogP contribution is 2.55. The van der Waals surface area contributed by atoms with Crippen molar-refractivity contribution < 1.29 is 0 Å². The molecule has 218 valence electrons. The van der Waals surface area contributed by atoms with Crippen LogP contribution < -0.4 is 4.90 Å². The van der Waals surface area contributed by atoms with Crippen LogP contribution in [0.15, 0.2) is 150 Å². The second-order valence-electron chi connectivity index (χ2n) is 12.2. The van der Waals surface area contributed by atoms with Crippen molar-refractivity contribution in [3.8, 4) is 16.8 Å². The molecule has 1 atom stereocenters. The van der Waals surface area contributed by atoms with E-state index in [1.54, 1.807) is 0 Å². The molecular weight excluding hydrogens is 597 g/mol. The van der Waals surface area contributed by atoms with Gasteiger partial charge in [0, 0.05) is 48.6 Å². The molecule has 2 aromatic heterocycles. The van der Waals surface area contributed by atoms with Crippen LogP contribution in [-0.4, -0.2) is 11.6 Å². The number of benzene rings is 7. The summed E-state index contributed by atoms with van der Waals surface area (Å²) in [6, 6.07) is 53.7. The zero-order chi connectivity index (χ0) is 30.4. The van der Waals surface area contributed by atoms with Gasteiger partial charge in [-0.05, 0) is 76.0 Å². The van der Waals surface area contributed by atoms with Gasteiger partial charge < -0.3 is 9.47 Å². The maximum absolute atomic E-state index is 2.44. The second-order valence-corrected chi connectivity index (χ2v) is 14.4. The van der Waals surface area contributed by atoms with Crippen LogP contribution in [0.5, 0.6) is 0 Å². The molecule has 0 radical (unpaired) electrons. The maximum Gasteiger partial charge on any atom is 0.105 e. The van der Waals surface area contributed by atoms with Crippen molar-refractivity contribution in [3.63, 3.8) is 0 Å². The van der Waals surface area contributed by atoms with Crippen LogP contribution >= 0.6 is 23.1 Å². The van der Waals surface area contributed by atoms with Crippen LogP contribution in [-0.2, 0) is 0 Å². The lowest BCUT2D eigenvalue weighted by Gasteiger charge is -2.22. The molecule has 1 aliphatic rings. The van der Waals surface area contributed by atoms with Crippen LogP contribution in [0, 0.1) is 0 Å². The molecular formula is C42H28N2S2. The van der Waals surface area contributed by atoms with E-state index in [9.17, 15) is 0 Å². The molecule has 4 heteroatoms. The molecule has 2 nitrogen and oxygen atoms in total. The number of thiophene rings is 1. The lowest BCUT2D eigenvalue weighted by atomic mass is 10.0. The number of nitrogens with zero attached hydrogens (tertiary/aromatic N) is 2. The average Bonchev–Trinajstić information content (AvgIpc) is 3.76. The smallest absolute Gasteiger partial charge is 0.105 e. The zero-order valence-electron chi connectivity index (χ0n) is 25.1. The van der Waals surface area contributed by atoms with Gasteiger partial charge in [-0.15, -0.1) is 11.3 Å². The van der Waals surface area contributed by atoms with E-state index in [4.69, 9.17) is 0 Å². The first kappa shape index (κ1) is 26.2. The van der Waals surface area contributed by atoms with E-state index in [0.29, 0.717) is 0 Å². The minimum Gasteiger partial charge on any atom is -0.357 e. The molecule has 0 saturated heterocycles. The van der Waals surface area contributed by atoms with Crippen LogP contribution in [0.1, 0.15) is 10.9 Å². The summed E-state index contributed by atoms with van der Waals surface area (Å²) < 4.78 is 5.14. The molecule has 3 heterocycles. The van der Waals surface area contributed by atoms with Gasteiger partial charge in [-0.25, -0.2) is 0 Å². The molecule has 0 fully saturated rings. The standard InChI is InChI=1S/C42H28N2S2/c1-43-36-22-23-39-40(33-11-5-7-13-38(33)45-39)41(36)46-42(43)28-16-14-26(15-17-28)27-18-20-31(21-19-27)44-35-12-6-4-10-32(35)34-24-29-8-2-3-9-30(29)25-37(34)44/h2-25,42H,1H3. The van der Waals surface area contributed by atoms with Crippen LogP contribution in [0.2, 0.25) is 0 Å². The van der Waals surface area contributed by atoms with Gasteiger partial charge in [0.2, 0.25) is 0 Å². The van der Waals surface area contributed by atoms with Crippen molar-refractivity contribution in [2.45, 2.75) is 10.3 Å². The highest BCUT2D eigenvalue weighted by molar-refractivity contribution is 8.00. The molecule has 9 aromatic rings. The largest absolute Gasteiger partial charge is 0.357 e. The van der Waals surface area contributed by atoms with E-state index in [2.05, 4.69) is 162 Å². The Morgan fingerprint density at radius 3 is 2.02 bits per heavy atom. The summed E-state index contributed by atoms with van der Waals surface area (Å²) in [4.78, 5) is 3.84. The van der Waals surface area contributed by atoms with Crippen LogP contribution in [0.3, 0.4) is 0 Å². The van der Waals surface area contributed by atoms with Gasteiger partial charge in [0.1, 0.15) is 5.37 Å². The third-order valence-corrected chi connectivity index (χ3v) is 12.2. The summed E-state index contributed by atoms with van der Waals surface area (Å²) in [7, 11) is 2.23. The van der Waals surface area contributed by atoms with Gasteiger partial charge in [-0.3, -0.25) is 0 Å². The molecule has 7 aromatic carbocycles. The Bertz CT molecular complexity index is 2630. The summed E-state index contributed by atoms with van der Waals surface area (Å²) in [6.45, 7) is 0. The summed E-state index contributed by atoms with van der Waals surface area (Å²) in [5, 5.41) is 8.14. The molecule has 1 unspecified atom stereocenters. The predicted molar refractivity (Wildman–Crippen MR) is 200 cm³/mol. The van der Waals surface area contributed by atoms with Crippen molar-refractivity contribution in [1.82, 2.24) is 4.57 Å². The van der Waals surface area contributed by atoms with Crippen molar-refractivity contribution in [3.05, 3.63) is 151 Å². The lowest BCUT2D eigenvalue weighted by Crippen LogP contribution is -2.16. The van der Waals surface area contributed by atoms with E-state index in [1.807, 2.05) is 23.1 Å². The first-order chi connectivity index (χ1) is 22.7. The van der Waals surface area contributed by atoms with Gasteiger partial charge in [0.25, 0.3) is 0 Å². The van der Waals surface area contributed by atoms with E-state index < -0.39 is 0 Å². The fourth-order valence-electron chi connectivity index (χ4n) is 7.36. The maximum atomic E-state index is 2.44. The molecule has 0 spiro atoms. The first-order valence-electron chi connectivity index (χ1n) is 15.7. The Morgan fingerprint density at radius 2 is 1.22 bits per heavy atom. The minimum atomic E-state index is 0.252. The molecule has 0 saturated carbocycles. The number of fused-ring (bicyclic) bond motifs is 9. The van der Waals surface area contributed by atoms with E-state index >= 15 is 0 Å². The number of anilines is 1. The van der Waals surface area contributed by atoms with Gasteiger partial charge >= 0.3 is 0 Å². The second kappa shape index (κ2) is 9.98. The van der Waals surface area contributed by atoms with Crippen molar-refractivity contribution in [2.75, 3.05) is 11.9 Å². The monoisotopic (exact) mass is 624 g/mol. The molecule has 1 aliphatic heterocycles. The van der Waals surface area contributed by atoms with Crippen LogP contribution in [0.4, 0.5) is 5.69 Å². The highest BCUT2D eigenvalue weighted by Gasteiger charge is 2.31. The topological polar surface area (TPSA) is 8.17 Å². The summed E-state index contributed by atoms with van der Waals surface area (Å²) in [6.07, 6.45) is 0. The van der Waals surface area contributed by atoms with E-state index in [-0.39, 0.29) is 5.37 Å². The Hall–Kier alpha value is -5.03. The van der Waals surface area contributed by atoms with E-state index in [1.165, 1.54) is 85.7 Å². The normalized spacial score (nSPS) is 14.7. The molecule has 46 heavy (non-hydrogen) atoms. The first-order valence-corrected chi connectivity index (χ1v) is 17.4. The van der Waals surface area contributed by atoms with Crippen molar-refractivity contribution in [2.24, 2.45) is 0 Å². The third-order valence-electron chi connectivity index (χ3n) is 9.63. The lowest BCUT2D eigenvalue weighted by molar-refractivity contribution is 0.915. The Morgan fingerprint density at radius 1 is 0.543 bits per heavy atom. The fourth-order valence-corrected chi connectivity index (χ4v) is 9.99. The van der Waals surface area contributed by atoms with Gasteiger partial charge in [-0.2, -0.15) is 0 Å². The molecule has 0 bridgehead atoms. The Labute approximate surface area is 275 Å². The molecule has 0 amide bonds. The van der Waals surface area contributed by atoms with Gasteiger partial charge in [0.05, 0.1) is 16.7 Å². The summed E-state index contributed by atoms with van der Waals surface area (Å²) >= 11 is 3.87. The van der Waals surface area contributed by atoms with Crippen molar-refractivity contribution >= 4 is 81.5 Å². The zero-order valence-corrected chi connectivity index (χ0v) is 26.8. The quantitative estimate of drug-likeness (QED) is 0.193. The predicted octanol–water partition coefficient (Wildman–Crippen LogP) is 12.2. The summed E-state index contributed by atoms with van der Waals surface area (Å²) in [5.41, 5.74) is 8.76. The number of hydrogen-bond donors (Lipinski definition) is 0. The van der Waals surface area contributed by atoms with Gasteiger partial charge in [0.15, 0.2) is 0 Å². The Kier molecular flexibility index (Phi) is 5.69. The molecule has 10 rings (SSSR count). The SMILES string of the molecule is CN1c2ccc3sc4ccccc4c3c2SC1c1ccc(-c2ccc(-n3c4ccccc4c4cc5ccccc5cc43)cc2)cc1. The van der Waals surface area contributed by atoms with E-state index in [0.717, 1.165) is 0 Å². The molecule has 0 aliphatic carbocycles. The Balaban J connectivity index is 0.987. The fraction of sp³-hybridized carbons (Fsp3) is 0.0476. The minimum absolute atomic E-state index is 0.252. The highest BCUT2D eigenvalue weighted by atomic mass is 32.2. The number of hydrogen-bond acceptors (Lipinski definition) is 3.